The van der Waals surface area contributed by atoms with Crippen LogP contribution in [0, 0.1) is 27.4 Å². The predicted octanol–water partition coefficient (Wildman–Crippen LogP) is 4.04. The molecule has 2 aromatic carbocycles. The van der Waals surface area contributed by atoms with Gasteiger partial charge in [0, 0.05) is 17.7 Å². The first-order valence-electron chi connectivity index (χ1n) is 8.94. The third-order valence-corrected chi connectivity index (χ3v) is 4.36. The van der Waals surface area contributed by atoms with Crippen molar-refractivity contribution in [3.8, 4) is 22.9 Å². The summed E-state index contributed by atoms with van der Waals surface area (Å²) in [7, 11) is 1.51. The first-order valence-corrected chi connectivity index (χ1v) is 8.94. The zero-order valence-electron chi connectivity index (χ0n) is 16.1. The summed E-state index contributed by atoms with van der Waals surface area (Å²) in [5.74, 6) is 0.155. The van der Waals surface area contributed by atoms with E-state index in [0.717, 1.165) is 11.1 Å². The molecule has 1 amide bonds. The van der Waals surface area contributed by atoms with Gasteiger partial charge in [0.05, 0.1) is 24.0 Å². The summed E-state index contributed by atoms with van der Waals surface area (Å²) in [6.45, 7) is 4.00. The quantitative estimate of drug-likeness (QED) is 0.422. The first kappa shape index (κ1) is 20.9. The number of non-ortho nitro benzene ring substituents is 1. The summed E-state index contributed by atoms with van der Waals surface area (Å²) in [6, 6.07) is 13.7. The molecule has 28 heavy (non-hydrogen) atoms. The van der Waals surface area contributed by atoms with Gasteiger partial charge in [-0.1, -0.05) is 38.1 Å². The van der Waals surface area contributed by atoms with E-state index in [9.17, 15) is 14.9 Å². The number of amides is 1. The van der Waals surface area contributed by atoms with E-state index in [4.69, 9.17) is 10.00 Å². The van der Waals surface area contributed by atoms with Crippen molar-refractivity contribution in [2.45, 2.75) is 26.2 Å². The van der Waals surface area contributed by atoms with E-state index in [2.05, 4.69) is 5.32 Å². The molecular formula is C21H23N3O4. The highest BCUT2D eigenvalue weighted by Crippen LogP contribution is 2.35. The molecule has 0 bridgehead atoms. The van der Waals surface area contributed by atoms with E-state index in [0.29, 0.717) is 17.7 Å². The molecule has 0 saturated heterocycles. The molecule has 2 aromatic rings. The van der Waals surface area contributed by atoms with Gasteiger partial charge >= 0.3 is 0 Å². The molecule has 0 aliphatic carbocycles. The Morgan fingerprint density at radius 1 is 1.29 bits per heavy atom. The summed E-state index contributed by atoms with van der Waals surface area (Å²) in [5, 5.41) is 22.5. The van der Waals surface area contributed by atoms with E-state index in [1.54, 1.807) is 6.07 Å². The number of carbonyl (C=O) groups excluding carboxylic acids is 1. The van der Waals surface area contributed by atoms with Crippen LogP contribution in [0.1, 0.15) is 31.7 Å². The summed E-state index contributed by atoms with van der Waals surface area (Å²) < 4.78 is 5.36. The Hall–Kier alpha value is -3.40. The van der Waals surface area contributed by atoms with Gasteiger partial charge in [0.2, 0.25) is 5.91 Å². The van der Waals surface area contributed by atoms with Crippen molar-refractivity contribution in [2.24, 2.45) is 5.92 Å². The fourth-order valence-electron chi connectivity index (χ4n) is 3.07. The van der Waals surface area contributed by atoms with Gasteiger partial charge in [-0.15, -0.1) is 0 Å². The third kappa shape index (κ3) is 5.07. The lowest BCUT2D eigenvalue weighted by Gasteiger charge is -2.19. The van der Waals surface area contributed by atoms with Crippen LogP contribution in [0.3, 0.4) is 0 Å². The number of ether oxygens (including phenoxy) is 1. The number of rotatable bonds is 8. The largest absolute Gasteiger partial charge is 0.496 e. The maximum atomic E-state index is 12.6. The van der Waals surface area contributed by atoms with E-state index in [1.165, 1.54) is 19.2 Å². The number of nitrogens with zero attached hydrogens (tertiary/aromatic N) is 2. The molecule has 7 heteroatoms. The molecule has 0 spiro atoms. The molecule has 1 atom stereocenters. The average Bonchev–Trinajstić information content (AvgIpc) is 2.69. The Bertz CT molecular complexity index is 903. The minimum Gasteiger partial charge on any atom is -0.496 e. The summed E-state index contributed by atoms with van der Waals surface area (Å²) in [4.78, 5) is 23.3. The maximum absolute atomic E-state index is 12.6. The van der Waals surface area contributed by atoms with Gasteiger partial charge in [-0.25, -0.2) is 0 Å². The van der Waals surface area contributed by atoms with Gasteiger partial charge in [-0.3, -0.25) is 14.9 Å². The number of nitro benzene ring substituents is 1. The first-order chi connectivity index (χ1) is 13.4. The number of benzene rings is 2. The highest BCUT2D eigenvalue weighted by Gasteiger charge is 2.22. The van der Waals surface area contributed by atoms with Gasteiger partial charge < -0.3 is 10.1 Å². The van der Waals surface area contributed by atoms with Crippen LogP contribution in [0.25, 0.3) is 11.1 Å². The van der Waals surface area contributed by atoms with Crippen LogP contribution >= 0.6 is 0 Å². The van der Waals surface area contributed by atoms with Crippen LogP contribution in [-0.4, -0.2) is 24.5 Å². The number of nitriles is 1. The van der Waals surface area contributed by atoms with Gasteiger partial charge in [-0.2, -0.15) is 5.26 Å². The Labute approximate surface area is 164 Å². The number of hydrogen-bond donors (Lipinski definition) is 1. The van der Waals surface area contributed by atoms with Crippen molar-refractivity contribution in [1.82, 2.24) is 5.32 Å². The average molecular weight is 381 g/mol. The fourth-order valence-corrected chi connectivity index (χ4v) is 3.07. The highest BCUT2D eigenvalue weighted by atomic mass is 16.6. The smallest absolute Gasteiger partial charge is 0.270 e. The monoisotopic (exact) mass is 381 g/mol. The molecule has 0 heterocycles. The number of nitro groups is 1. The van der Waals surface area contributed by atoms with Gasteiger partial charge in [-0.05, 0) is 29.5 Å². The van der Waals surface area contributed by atoms with Crippen molar-refractivity contribution < 1.29 is 14.5 Å². The second kappa shape index (κ2) is 9.51. The van der Waals surface area contributed by atoms with E-state index in [-0.39, 0.29) is 24.1 Å². The van der Waals surface area contributed by atoms with E-state index < -0.39 is 10.8 Å². The second-order valence-electron chi connectivity index (χ2n) is 6.83. The zero-order valence-corrected chi connectivity index (χ0v) is 16.1. The highest BCUT2D eigenvalue weighted by molar-refractivity contribution is 5.84. The lowest BCUT2D eigenvalue weighted by molar-refractivity contribution is -0.384. The van der Waals surface area contributed by atoms with E-state index in [1.807, 2.05) is 44.2 Å². The number of hydrogen-bond acceptors (Lipinski definition) is 5. The molecule has 0 aromatic heterocycles. The Morgan fingerprint density at radius 2 is 2.04 bits per heavy atom. The summed E-state index contributed by atoms with van der Waals surface area (Å²) in [6.07, 6.45) is 0.618. The molecular weight excluding hydrogens is 358 g/mol. The number of methoxy groups -OCH3 is 1. The molecule has 146 valence electrons. The van der Waals surface area contributed by atoms with Crippen molar-refractivity contribution in [1.29, 1.82) is 5.26 Å². The van der Waals surface area contributed by atoms with Crippen molar-refractivity contribution in [3.05, 3.63) is 58.1 Å². The topological polar surface area (TPSA) is 105 Å². The molecule has 0 fully saturated rings. The standard InChI is InChI=1S/C21H23N3O4/c1-14(2)11-19(21(25)23-10-9-22)16-6-4-5-15(12-16)18-13-17(24(26)27)7-8-20(18)28-3/h4-8,12-14,19H,10-11H2,1-3H3,(H,23,25). The van der Waals surface area contributed by atoms with Crippen LogP contribution in [0.2, 0.25) is 0 Å². The third-order valence-electron chi connectivity index (χ3n) is 4.36. The Balaban J connectivity index is 2.49. The van der Waals surface area contributed by atoms with Crippen LogP contribution < -0.4 is 10.1 Å². The van der Waals surface area contributed by atoms with Crippen LogP contribution in [0.5, 0.6) is 5.75 Å². The molecule has 0 aliphatic heterocycles. The predicted molar refractivity (Wildman–Crippen MR) is 106 cm³/mol. The molecule has 2 rings (SSSR count). The Morgan fingerprint density at radius 3 is 2.64 bits per heavy atom. The van der Waals surface area contributed by atoms with Crippen LogP contribution in [0.15, 0.2) is 42.5 Å². The van der Waals surface area contributed by atoms with Crippen molar-refractivity contribution in [2.75, 3.05) is 13.7 Å². The molecule has 0 radical (unpaired) electrons. The van der Waals surface area contributed by atoms with Gasteiger partial charge in [0.15, 0.2) is 0 Å². The fraction of sp³-hybridized carbons (Fsp3) is 0.333. The SMILES string of the molecule is COc1ccc([N+](=O)[O-])cc1-c1cccc(C(CC(C)C)C(=O)NCC#N)c1. The zero-order chi connectivity index (χ0) is 20.7. The molecule has 0 aliphatic rings. The normalized spacial score (nSPS) is 11.5. The minimum absolute atomic E-state index is 0.0355. The molecule has 7 nitrogen and oxygen atoms in total. The second-order valence-corrected chi connectivity index (χ2v) is 6.83. The van der Waals surface area contributed by atoms with Gasteiger partial charge in [0.1, 0.15) is 12.3 Å². The van der Waals surface area contributed by atoms with Crippen molar-refractivity contribution in [3.63, 3.8) is 0 Å². The van der Waals surface area contributed by atoms with E-state index >= 15 is 0 Å². The summed E-state index contributed by atoms with van der Waals surface area (Å²) in [5.41, 5.74) is 2.06. The Kier molecular flexibility index (Phi) is 7.10. The van der Waals surface area contributed by atoms with Gasteiger partial charge in [0.25, 0.3) is 5.69 Å². The minimum atomic E-state index is -0.455. The van der Waals surface area contributed by atoms with Crippen molar-refractivity contribution >= 4 is 11.6 Å². The maximum Gasteiger partial charge on any atom is 0.270 e. The number of nitrogens with one attached hydrogen (secondary N) is 1. The summed E-state index contributed by atoms with van der Waals surface area (Å²) >= 11 is 0. The molecule has 1 N–H and O–H groups in total. The lowest BCUT2D eigenvalue weighted by Crippen LogP contribution is -2.30. The molecule has 0 saturated carbocycles. The van der Waals surface area contributed by atoms with Crippen LogP contribution in [0.4, 0.5) is 5.69 Å². The lowest BCUT2D eigenvalue weighted by atomic mass is 9.87. The molecule has 1 unspecified atom stereocenters. The number of carbonyl (C=O) groups is 1. The van der Waals surface area contributed by atoms with Crippen LogP contribution in [-0.2, 0) is 4.79 Å².